The molecule has 0 heterocycles. The maximum Gasteiger partial charge on any atom is 0.122 e. The van der Waals surface area contributed by atoms with Gasteiger partial charge in [0.15, 0.2) is 0 Å². The van der Waals surface area contributed by atoms with Crippen LogP contribution in [0.15, 0.2) is 18.2 Å². The Morgan fingerprint density at radius 3 is 2.82 bits per heavy atom. The highest BCUT2D eigenvalue weighted by Crippen LogP contribution is 2.30. The maximum absolute atomic E-state index is 6.07. The molecule has 2 N–H and O–H groups in total. The van der Waals surface area contributed by atoms with Gasteiger partial charge < -0.3 is 10.5 Å². The smallest absolute Gasteiger partial charge is 0.122 e. The van der Waals surface area contributed by atoms with Crippen LogP contribution in [0, 0.1) is 12.8 Å². The molecule has 17 heavy (non-hydrogen) atoms. The molecular weight excluding hydrogens is 210 g/mol. The molecule has 0 amide bonds. The van der Waals surface area contributed by atoms with Crippen LogP contribution in [0.25, 0.3) is 0 Å². The van der Waals surface area contributed by atoms with Gasteiger partial charge in [0, 0.05) is 11.8 Å². The Morgan fingerprint density at radius 1 is 1.29 bits per heavy atom. The van der Waals surface area contributed by atoms with E-state index in [-0.39, 0.29) is 0 Å². The number of nitrogens with two attached hydrogens (primary N) is 1. The van der Waals surface area contributed by atoms with Gasteiger partial charge in [-0.05, 0) is 49.8 Å². The quantitative estimate of drug-likeness (QED) is 0.803. The fourth-order valence-corrected chi connectivity index (χ4v) is 2.76. The molecule has 0 bridgehead atoms. The van der Waals surface area contributed by atoms with Gasteiger partial charge in [-0.3, -0.25) is 0 Å². The highest BCUT2D eigenvalue weighted by atomic mass is 16.5. The molecule has 2 atom stereocenters. The summed E-state index contributed by atoms with van der Waals surface area (Å²) in [4.78, 5) is 0. The fourth-order valence-electron chi connectivity index (χ4n) is 2.76. The Labute approximate surface area is 104 Å². The Morgan fingerprint density at radius 2 is 2.12 bits per heavy atom. The van der Waals surface area contributed by atoms with Crippen molar-refractivity contribution in [1.82, 2.24) is 0 Å². The first kappa shape index (κ1) is 12.3. The minimum Gasteiger partial charge on any atom is -0.490 e. The zero-order valence-corrected chi connectivity index (χ0v) is 10.9. The second-order valence-electron chi connectivity index (χ2n) is 5.26. The van der Waals surface area contributed by atoms with E-state index in [0.29, 0.717) is 6.10 Å². The largest absolute Gasteiger partial charge is 0.490 e. The van der Waals surface area contributed by atoms with E-state index in [0.717, 1.165) is 17.4 Å². The van der Waals surface area contributed by atoms with Crippen molar-refractivity contribution in [3.63, 3.8) is 0 Å². The van der Waals surface area contributed by atoms with Crippen LogP contribution in [0.1, 0.15) is 44.6 Å². The van der Waals surface area contributed by atoms with Crippen molar-refractivity contribution < 1.29 is 4.74 Å². The van der Waals surface area contributed by atoms with Crippen LogP contribution in [0.4, 0.5) is 5.69 Å². The molecule has 0 aromatic heterocycles. The monoisotopic (exact) mass is 233 g/mol. The summed E-state index contributed by atoms with van der Waals surface area (Å²) >= 11 is 0. The molecule has 0 radical (unpaired) electrons. The molecule has 0 spiro atoms. The average Bonchev–Trinajstić information content (AvgIpc) is 2.28. The van der Waals surface area contributed by atoms with Crippen LogP contribution >= 0.6 is 0 Å². The first-order chi connectivity index (χ1) is 8.17. The van der Waals surface area contributed by atoms with Gasteiger partial charge in [-0.15, -0.1) is 0 Å². The summed E-state index contributed by atoms with van der Waals surface area (Å²) < 4.78 is 6.07. The van der Waals surface area contributed by atoms with Crippen LogP contribution in [0.5, 0.6) is 5.75 Å². The molecule has 1 aromatic carbocycles. The van der Waals surface area contributed by atoms with Gasteiger partial charge in [0.25, 0.3) is 0 Å². The number of anilines is 1. The van der Waals surface area contributed by atoms with Gasteiger partial charge in [0.05, 0.1) is 6.10 Å². The number of hydrogen-bond acceptors (Lipinski definition) is 2. The van der Waals surface area contributed by atoms with Gasteiger partial charge in [-0.2, -0.15) is 0 Å². The molecule has 0 aliphatic heterocycles. The molecule has 1 aliphatic carbocycles. The van der Waals surface area contributed by atoms with E-state index in [4.69, 9.17) is 10.5 Å². The molecule has 94 valence electrons. The van der Waals surface area contributed by atoms with Crippen LogP contribution in [0.2, 0.25) is 0 Å². The van der Waals surface area contributed by atoms with Crippen molar-refractivity contribution in [1.29, 1.82) is 0 Å². The third-order valence-electron chi connectivity index (χ3n) is 3.69. The number of hydrogen-bond donors (Lipinski definition) is 1. The van der Waals surface area contributed by atoms with Crippen LogP contribution in [-0.4, -0.2) is 6.10 Å². The van der Waals surface area contributed by atoms with Crippen molar-refractivity contribution in [3.8, 4) is 5.75 Å². The van der Waals surface area contributed by atoms with E-state index in [9.17, 15) is 0 Å². The summed E-state index contributed by atoms with van der Waals surface area (Å²) in [6.07, 6.45) is 6.70. The van der Waals surface area contributed by atoms with Gasteiger partial charge in [-0.1, -0.05) is 19.8 Å². The summed E-state index contributed by atoms with van der Waals surface area (Å²) in [5.74, 6) is 1.78. The molecule has 1 saturated carbocycles. The highest BCUT2D eigenvalue weighted by molar-refractivity contribution is 5.47. The average molecular weight is 233 g/mol. The third-order valence-corrected chi connectivity index (χ3v) is 3.69. The molecule has 2 unspecified atom stereocenters. The van der Waals surface area contributed by atoms with E-state index in [1.165, 1.54) is 37.7 Å². The van der Waals surface area contributed by atoms with Gasteiger partial charge >= 0.3 is 0 Å². The molecule has 2 rings (SSSR count). The Bertz CT molecular complexity index is 355. The van der Waals surface area contributed by atoms with E-state index in [2.05, 4.69) is 19.9 Å². The number of benzene rings is 1. The summed E-state index contributed by atoms with van der Waals surface area (Å²) in [5, 5.41) is 0. The van der Waals surface area contributed by atoms with E-state index in [1.807, 2.05) is 12.1 Å². The first-order valence-corrected chi connectivity index (χ1v) is 6.71. The Balaban J connectivity index is 2.00. The number of rotatable bonds is 3. The topological polar surface area (TPSA) is 35.2 Å². The maximum atomic E-state index is 6.07. The lowest BCUT2D eigenvalue weighted by atomic mass is 9.85. The second-order valence-corrected chi connectivity index (χ2v) is 5.26. The molecule has 0 saturated heterocycles. The summed E-state index contributed by atoms with van der Waals surface area (Å²) in [6.45, 7) is 4.33. The standard InChI is InChI=1S/C15H23NO/c1-3-12-5-4-6-14(9-12)17-15-8-11(2)7-13(16)10-15/h7-8,10,12,14H,3-6,9,16H2,1-2H3. The second kappa shape index (κ2) is 5.44. The summed E-state index contributed by atoms with van der Waals surface area (Å²) in [7, 11) is 0. The van der Waals surface area contributed by atoms with E-state index < -0.39 is 0 Å². The predicted octanol–water partition coefficient (Wildman–Crippen LogP) is 3.92. The Hall–Kier alpha value is -1.18. The normalized spacial score (nSPS) is 24.6. The summed E-state index contributed by atoms with van der Waals surface area (Å²) in [5.41, 5.74) is 7.80. The van der Waals surface area contributed by atoms with Gasteiger partial charge in [0.2, 0.25) is 0 Å². The van der Waals surface area contributed by atoms with Crippen LogP contribution in [-0.2, 0) is 0 Å². The highest BCUT2D eigenvalue weighted by Gasteiger charge is 2.22. The van der Waals surface area contributed by atoms with Crippen molar-refractivity contribution in [2.24, 2.45) is 5.92 Å². The third kappa shape index (κ3) is 3.39. The first-order valence-electron chi connectivity index (χ1n) is 6.71. The number of aryl methyl sites for hydroxylation is 1. The zero-order chi connectivity index (χ0) is 12.3. The molecule has 2 nitrogen and oxygen atoms in total. The van der Waals surface area contributed by atoms with Crippen LogP contribution in [0.3, 0.4) is 0 Å². The number of nitrogen functional groups attached to an aromatic ring is 1. The lowest BCUT2D eigenvalue weighted by Crippen LogP contribution is -2.25. The van der Waals surface area contributed by atoms with Gasteiger partial charge in [0.1, 0.15) is 5.75 Å². The lowest BCUT2D eigenvalue weighted by Gasteiger charge is -2.29. The van der Waals surface area contributed by atoms with Crippen LogP contribution < -0.4 is 10.5 Å². The van der Waals surface area contributed by atoms with E-state index in [1.54, 1.807) is 0 Å². The van der Waals surface area contributed by atoms with Crippen molar-refractivity contribution in [2.45, 2.75) is 52.1 Å². The molecule has 1 aromatic rings. The van der Waals surface area contributed by atoms with Crippen molar-refractivity contribution in [2.75, 3.05) is 5.73 Å². The molecule has 1 aliphatic rings. The van der Waals surface area contributed by atoms with Crippen molar-refractivity contribution >= 4 is 5.69 Å². The molecule has 1 fully saturated rings. The lowest BCUT2D eigenvalue weighted by molar-refractivity contribution is 0.122. The van der Waals surface area contributed by atoms with E-state index >= 15 is 0 Å². The Kier molecular flexibility index (Phi) is 3.93. The molecular formula is C15H23NO. The zero-order valence-electron chi connectivity index (χ0n) is 10.9. The predicted molar refractivity (Wildman–Crippen MR) is 72.3 cm³/mol. The SMILES string of the molecule is CCC1CCCC(Oc2cc(C)cc(N)c2)C1. The van der Waals surface area contributed by atoms with Gasteiger partial charge in [-0.25, -0.2) is 0 Å². The fraction of sp³-hybridized carbons (Fsp3) is 0.600. The minimum absolute atomic E-state index is 0.384. The minimum atomic E-state index is 0.384. The summed E-state index contributed by atoms with van der Waals surface area (Å²) in [6, 6.07) is 5.98. The number of ether oxygens (including phenoxy) is 1. The van der Waals surface area contributed by atoms with Crippen molar-refractivity contribution in [3.05, 3.63) is 23.8 Å². The molecule has 2 heteroatoms.